The number of furan rings is 1. The van der Waals surface area contributed by atoms with Crippen LogP contribution in [-0.2, 0) is 16.0 Å². The molecule has 1 heterocycles. The summed E-state index contributed by atoms with van der Waals surface area (Å²) in [5.74, 6) is -0.0592. The van der Waals surface area contributed by atoms with Gasteiger partial charge in [0.2, 0.25) is 5.91 Å². The normalized spacial score (nSPS) is 12.6. The van der Waals surface area contributed by atoms with E-state index in [1.165, 1.54) is 17.6 Å². The molecule has 0 saturated heterocycles. The number of carbonyl (C=O) groups is 1. The van der Waals surface area contributed by atoms with E-state index in [4.69, 9.17) is 9.15 Å². The molecule has 0 aliphatic heterocycles. The third-order valence-electron chi connectivity index (χ3n) is 3.95. The molecule has 0 aliphatic rings. The van der Waals surface area contributed by atoms with Gasteiger partial charge in [-0.15, -0.1) is 0 Å². The lowest BCUT2D eigenvalue weighted by Crippen LogP contribution is -2.37. The summed E-state index contributed by atoms with van der Waals surface area (Å²) in [7, 11) is 3.20. The average Bonchev–Trinajstić information content (AvgIpc) is 2.86. The van der Waals surface area contributed by atoms with E-state index in [0.717, 1.165) is 22.1 Å². The number of ether oxygens (including phenoxy) is 1. The molecule has 1 unspecified atom stereocenters. The molecule has 5 nitrogen and oxygen atoms in total. The summed E-state index contributed by atoms with van der Waals surface area (Å²) in [6.45, 7) is 4.51. The van der Waals surface area contributed by atoms with Gasteiger partial charge in [0.05, 0.1) is 25.4 Å². The number of likely N-dealkylation sites (N-methyl/N-ethyl adjacent to an activating group) is 1. The van der Waals surface area contributed by atoms with Crippen LogP contribution in [0.3, 0.4) is 0 Å². The SMILES string of the molecule is COCC(O)CN(C)C(=O)Cc1coc2c(C)c(C)ccc12. The van der Waals surface area contributed by atoms with Gasteiger partial charge in [-0.1, -0.05) is 12.1 Å². The van der Waals surface area contributed by atoms with Crippen LogP contribution in [0, 0.1) is 13.8 Å². The molecule has 0 radical (unpaired) electrons. The lowest BCUT2D eigenvalue weighted by Gasteiger charge is -2.20. The Hall–Kier alpha value is -1.85. The first-order valence-electron chi connectivity index (χ1n) is 7.31. The van der Waals surface area contributed by atoms with Crippen molar-refractivity contribution >= 4 is 16.9 Å². The number of methoxy groups -OCH3 is 1. The Balaban J connectivity index is 2.10. The van der Waals surface area contributed by atoms with Crippen LogP contribution in [0.2, 0.25) is 0 Å². The van der Waals surface area contributed by atoms with E-state index in [1.807, 2.05) is 26.0 Å². The maximum Gasteiger partial charge on any atom is 0.226 e. The van der Waals surface area contributed by atoms with E-state index in [1.54, 1.807) is 13.3 Å². The van der Waals surface area contributed by atoms with Gasteiger partial charge in [-0.2, -0.15) is 0 Å². The number of aliphatic hydroxyl groups excluding tert-OH is 1. The standard InChI is InChI=1S/C17H23NO4/c1-11-5-6-15-13(9-22-17(15)12(11)2)7-16(20)18(3)8-14(19)10-21-4/h5-6,9,14,19H,7-8,10H2,1-4H3. The maximum absolute atomic E-state index is 12.3. The molecule has 1 aromatic heterocycles. The molecule has 1 amide bonds. The monoisotopic (exact) mass is 305 g/mol. The van der Waals surface area contributed by atoms with Gasteiger partial charge in [0.1, 0.15) is 5.58 Å². The van der Waals surface area contributed by atoms with Crippen molar-refractivity contribution in [3.05, 3.63) is 35.1 Å². The van der Waals surface area contributed by atoms with Gasteiger partial charge < -0.3 is 19.2 Å². The molecule has 2 aromatic rings. The minimum Gasteiger partial charge on any atom is -0.464 e. The molecule has 0 spiro atoms. The number of carbonyl (C=O) groups excluding carboxylic acids is 1. The second-order valence-corrected chi connectivity index (χ2v) is 5.71. The van der Waals surface area contributed by atoms with E-state index in [9.17, 15) is 9.90 Å². The fraction of sp³-hybridized carbons (Fsp3) is 0.471. The molecule has 22 heavy (non-hydrogen) atoms. The first kappa shape index (κ1) is 16.5. The zero-order valence-electron chi connectivity index (χ0n) is 13.5. The van der Waals surface area contributed by atoms with Crippen LogP contribution in [0.25, 0.3) is 11.0 Å². The molecular weight excluding hydrogens is 282 g/mol. The topological polar surface area (TPSA) is 62.9 Å². The van der Waals surface area contributed by atoms with Crippen molar-refractivity contribution in [3.63, 3.8) is 0 Å². The average molecular weight is 305 g/mol. The van der Waals surface area contributed by atoms with Gasteiger partial charge in [-0.3, -0.25) is 4.79 Å². The van der Waals surface area contributed by atoms with Gasteiger partial charge in [0, 0.05) is 31.7 Å². The Kier molecular flexibility index (Phi) is 5.21. The quantitative estimate of drug-likeness (QED) is 0.887. The van der Waals surface area contributed by atoms with Gasteiger partial charge in [-0.05, 0) is 25.0 Å². The molecule has 0 fully saturated rings. The Labute approximate surface area is 130 Å². The second kappa shape index (κ2) is 6.94. The highest BCUT2D eigenvalue weighted by molar-refractivity contribution is 5.89. The van der Waals surface area contributed by atoms with Crippen LogP contribution >= 0.6 is 0 Å². The van der Waals surface area contributed by atoms with E-state index in [-0.39, 0.29) is 25.5 Å². The fourth-order valence-electron chi connectivity index (χ4n) is 2.49. The van der Waals surface area contributed by atoms with Crippen LogP contribution in [0.5, 0.6) is 0 Å². The number of aliphatic hydroxyl groups is 1. The second-order valence-electron chi connectivity index (χ2n) is 5.71. The summed E-state index contributed by atoms with van der Waals surface area (Å²) in [6.07, 6.45) is 1.23. The largest absolute Gasteiger partial charge is 0.464 e. The van der Waals surface area contributed by atoms with Crippen LogP contribution in [-0.4, -0.2) is 49.3 Å². The van der Waals surface area contributed by atoms with Crippen LogP contribution in [0.1, 0.15) is 16.7 Å². The smallest absolute Gasteiger partial charge is 0.226 e. The molecule has 2 rings (SSSR count). The number of fused-ring (bicyclic) bond motifs is 1. The molecule has 1 atom stereocenters. The third-order valence-corrected chi connectivity index (χ3v) is 3.95. The van der Waals surface area contributed by atoms with Crippen molar-refractivity contribution < 1.29 is 19.1 Å². The first-order valence-corrected chi connectivity index (χ1v) is 7.31. The van der Waals surface area contributed by atoms with Crippen molar-refractivity contribution in [2.45, 2.75) is 26.4 Å². The van der Waals surface area contributed by atoms with Gasteiger partial charge in [0.25, 0.3) is 0 Å². The molecule has 1 aromatic carbocycles. The van der Waals surface area contributed by atoms with Crippen LogP contribution in [0.4, 0.5) is 0 Å². The Bertz CT molecular complexity index is 662. The Morgan fingerprint density at radius 3 is 2.82 bits per heavy atom. The Morgan fingerprint density at radius 2 is 2.14 bits per heavy atom. The maximum atomic E-state index is 12.3. The molecule has 0 saturated carbocycles. The van der Waals surface area contributed by atoms with E-state index in [2.05, 4.69) is 0 Å². The fourth-order valence-corrected chi connectivity index (χ4v) is 2.49. The number of nitrogens with zero attached hydrogens (tertiary/aromatic N) is 1. The minimum absolute atomic E-state index is 0.0592. The lowest BCUT2D eigenvalue weighted by atomic mass is 10.0. The summed E-state index contributed by atoms with van der Waals surface area (Å²) < 4.78 is 10.5. The minimum atomic E-state index is -0.676. The predicted molar refractivity (Wildman–Crippen MR) is 84.9 cm³/mol. The number of rotatable bonds is 6. The van der Waals surface area contributed by atoms with Crippen molar-refractivity contribution in [3.8, 4) is 0 Å². The van der Waals surface area contributed by atoms with Crippen molar-refractivity contribution in [1.82, 2.24) is 4.90 Å². The summed E-state index contributed by atoms with van der Waals surface area (Å²) >= 11 is 0. The van der Waals surface area contributed by atoms with Crippen molar-refractivity contribution in [1.29, 1.82) is 0 Å². The van der Waals surface area contributed by atoms with E-state index in [0.29, 0.717) is 0 Å². The van der Waals surface area contributed by atoms with Gasteiger partial charge >= 0.3 is 0 Å². The molecule has 120 valence electrons. The van der Waals surface area contributed by atoms with Gasteiger partial charge in [-0.25, -0.2) is 0 Å². The van der Waals surface area contributed by atoms with Crippen molar-refractivity contribution in [2.75, 3.05) is 27.3 Å². The number of benzene rings is 1. The molecule has 5 heteroatoms. The van der Waals surface area contributed by atoms with Gasteiger partial charge in [0.15, 0.2) is 0 Å². The zero-order valence-corrected chi connectivity index (χ0v) is 13.5. The Morgan fingerprint density at radius 1 is 1.41 bits per heavy atom. The molecule has 0 bridgehead atoms. The molecular formula is C17H23NO4. The summed E-state index contributed by atoms with van der Waals surface area (Å²) in [5.41, 5.74) is 3.97. The molecule has 0 aliphatic carbocycles. The number of amides is 1. The highest BCUT2D eigenvalue weighted by Crippen LogP contribution is 2.26. The molecule has 1 N–H and O–H groups in total. The predicted octanol–water partition coefficient (Wildman–Crippen LogP) is 2.06. The number of hydrogen-bond donors (Lipinski definition) is 1. The zero-order chi connectivity index (χ0) is 16.3. The van der Waals surface area contributed by atoms with Crippen LogP contribution in [0.15, 0.2) is 22.8 Å². The van der Waals surface area contributed by atoms with E-state index >= 15 is 0 Å². The summed E-state index contributed by atoms with van der Waals surface area (Å²) in [4.78, 5) is 13.8. The first-order chi connectivity index (χ1) is 10.4. The number of aryl methyl sites for hydroxylation is 2. The third kappa shape index (κ3) is 3.48. The van der Waals surface area contributed by atoms with E-state index < -0.39 is 6.10 Å². The lowest BCUT2D eigenvalue weighted by molar-refractivity contribution is -0.130. The summed E-state index contributed by atoms with van der Waals surface area (Å²) in [6, 6.07) is 4.02. The highest BCUT2D eigenvalue weighted by Gasteiger charge is 2.17. The van der Waals surface area contributed by atoms with Crippen LogP contribution < -0.4 is 0 Å². The summed E-state index contributed by atoms with van der Waals surface area (Å²) in [5, 5.41) is 10.7. The number of hydrogen-bond acceptors (Lipinski definition) is 4. The highest BCUT2D eigenvalue weighted by atomic mass is 16.5. The van der Waals surface area contributed by atoms with Crippen molar-refractivity contribution in [2.24, 2.45) is 0 Å².